The van der Waals surface area contributed by atoms with Gasteiger partial charge in [0.15, 0.2) is 0 Å². The van der Waals surface area contributed by atoms with Crippen molar-refractivity contribution in [1.82, 2.24) is 0 Å². The van der Waals surface area contributed by atoms with Gasteiger partial charge in [0, 0.05) is 17.1 Å². The molecule has 1 fully saturated rings. The van der Waals surface area contributed by atoms with E-state index in [1.54, 1.807) is 0 Å². The number of ether oxygens (including phenoxy) is 1. The van der Waals surface area contributed by atoms with Crippen LogP contribution in [0.2, 0.25) is 0 Å². The van der Waals surface area contributed by atoms with Crippen LogP contribution in [0.5, 0.6) is 0 Å². The second kappa shape index (κ2) is 6.53. The quantitative estimate of drug-likeness (QED) is 0.535. The molecule has 0 aromatic rings. The number of rotatable bonds is 4. The predicted molar refractivity (Wildman–Crippen MR) is 93.3 cm³/mol. The number of hydrogen-bond acceptors (Lipinski definition) is 5. The molecule has 0 amide bonds. The molecule has 0 saturated heterocycles. The van der Waals surface area contributed by atoms with Crippen molar-refractivity contribution in [2.45, 2.75) is 65.3 Å². The van der Waals surface area contributed by atoms with Crippen molar-refractivity contribution < 1.29 is 24.9 Å². The monoisotopic (exact) mass is 350 g/mol. The Labute approximate surface area is 149 Å². The third-order valence-corrected chi connectivity index (χ3v) is 7.42. The number of aliphatic hydroxyl groups excluding tert-OH is 3. The van der Waals surface area contributed by atoms with Gasteiger partial charge in [-0.15, -0.1) is 0 Å². The number of cyclic esters (lactones) is 1. The highest BCUT2D eigenvalue weighted by Crippen LogP contribution is 2.62. The van der Waals surface area contributed by atoms with Crippen molar-refractivity contribution in [3.63, 3.8) is 0 Å². The van der Waals surface area contributed by atoms with E-state index >= 15 is 0 Å². The number of esters is 1. The van der Waals surface area contributed by atoms with Crippen molar-refractivity contribution >= 4 is 5.97 Å². The molecule has 0 radical (unpaired) electrons. The smallest absolute Gasteiger partial charge is 0.333 e. The Kier molecular flexibility index (Phi) is 4.86. The van der Waals surface area contributed by atoms with Crippen LogP contribution in [-0.4, -0.2) is 40.3 Å². The molecular weight excluding hydrogens is 320 g/mol. The van der Waals surface area contributed by atoms with Gasteiger partial charge in [-0.05, 0) is 54.9 Å². The number of hydrogen-bond donors (Lipinski definition) is 3. The third kappa shape index (κ3) is 2.86. The van der Waals surface area contributed by atoms with Crippen molar-refractivity contribution in [1.29, 1.82) is 0 Å². The molecule has 5 heteroatoms. The van der Waals surface area contributed by atoms with E-state index in [2.05, 4.69) is 26.8 Å². The maximum Gasteiger partial charge on any atom is 0.333 e. The summed E-state index contributed by atoms with van der Waals surface area (Å²) in [5.74, 6) is 0.0869. The molecule has 140 valence electrons. The number of aliphatic hydroxyl groups is 3. The van der Waals surface area contributed by atoms with Crippen molar-refractivity contribution in [2.24, 2.45) is 22.7 Å². The summed E-state index contributed by atoms with van der Waals surface area (Å²) in [5.41, 5.74) is 1.13. The Morgan fingerprint density at radius 3 is 2.64 bits per heavy atom. The molecule has 0 spiro atoms. The minimum absolute atomic E-state index is 0.0132. The molecule has 0 unspecified atom stereocenters. The Morgan fingerprint density at radius 2 is 2.04 bits per heavy atom. The third-order valence-electron chi connectivity index (χ3n) is 7.42. The first-order chi connectivity index (χ1) is 11.7. The maximum atomic E-state index is 11.3. The lowest BCUT2D eigenvalue weighted by atomic mass is 9.46. The van der Waals surface area contributed by atoms with Gasteiger partial charge in [-0.25, -0.2) is 4.79 Å². The first-order valence-corrected chi connectivity index (χ1v) is 9.31. The summed E-state index contributed by atoms with van der Waals surface area (Å²) in [6.07, 6.45) is 5.92. The van der Waals surface area contributed by atoms with Crippen molar-refractivity contribution in [2.75, 3.05) is 6.61 Å². The van der Waals surface area contributed by atoms with Gasteiger partial charge in [0.1, 0.15) is 0 Å². The highest BCUT2D eigenvalue weighted by atomic mass is 16.6. The summed E-state index contributed by atoms with van der Waals surface area (Å²) in [4.78, 5) is 11.3. The maximum absolute atomic E-state index is 11.3. The molecule has 6 atom stereocenters. The number of fused-ring (bicyclic) bond motifs is 1. The fourth-order valence-electron chi connectivity index (χ4n) is 5.53. The van der Waals surface area contributed by atoms with E-state index in [9.17, 15) is 20.1 Å². The second-order valence-corrected chi connectivity index (χ2v) is 8.47. The van der Waals surface area contributed by atoms with Crippen LogP contribution in [0, 0.1) is 22.7 Å². The second-order valence-electron chi connectivity index (χ2n) is 8.47. The Bertz CT molecular complexity index is 609. The summed E-state index contributed by atoms with van der Waals surface area (Å²) in [5, 5.41) is 30.5. The molecule has 25 heavy (non-hydrogen) atoms. The Hall–Kier alpha value is -1.17. The SMILES string of the molecule is C[C@@H]1C[C@H](O)[C@@]2(C)C(CO)=CCC[C@@H]2[C@@]1(C)CCC1=CC(=O)O[C@@H]1O. The van der Waals surface area contributed by atoms with Crippen molar-refractivity contribution in [3.05, 3.63) is 23.3 Å². The summed E-state index contributed by atoms with van der Waals surface area (Å²) < 4.78 is 4.79. The average molecular weight is 350 g/mol. The standard InChI is InChI=1S/C20H30O5/c1-12-9-16(22)20(3)14(11-21)5-4-6-15(20)19(12,2)8-7-13-10-17(23)25-18(13)24/h5,10,12,15-16,18,21-22,24H,4,6-9,11H2,1-3H3/t12-,15-,16+,18+,19+,20+/m1/s1. The van der Waals surface area contributed by atoms with Crippen molar-refractivity contribution in [3.8, 4) is 0 Å². The minimum atomic E-state index is -1.12. The average Bonchev–Trinajstić information content (AvgIpc) is 2.89. The van der Waals surface area contributed by atoms with Crippen LogP contribution in [-0.2, 0) is 9.53 Å². The van der Waals surface area contributed by atoms with E-state index in [1.807, 2.05) is 0 Å². The fraction of sp³-hybridized carbons (Fsp3) is 0.750. The number of carbonyl (C=O) groups is 1. The highest BCUT2D eigenvalue weighted by molar-refractivity contribution is 5.85. The van der Waals surface area contributed by atoms with Gasteiger partial charge in [-0.3, -0.25) is 0 Å². The zero-order valence-corrected chi connectivity index (χ0v) is 15.4. The molecule has 1 aliphatic heterocycles. The first kappa shape index (κ1) is 18.6. The molecular formula is C20H30O5. The molecule has 2 aliphatic carbocycles. The van der Waals surface area contributed by atoms with E-state index in [-0.39, 0.29) is 17.9 Å². The van der Waals surface area contributed by atoms with Gasteiger partial charge in [0.2, 0.25) is 6.29 Å². The molecule has 0 aromatic carbocycles. The molecule has 3 N–H and O–H groups in total. The van der Waals surface area contributed by atoms with Crippen LogP contribution in [0.3, 0.4) is 0 Å². The van der Waals surface area contributed by atoms with E-state index in [0.717, 1.165) is 24.8 Å². The van der Waals surface area contributed by atoms with E-state index in [1.165, 1.54) is 6.08 Å². The van der Waals surface area contributed by atoms with Gasteiger partial charge in [-0.1, -0.05) is 26.8 Å². The molecule has 3 aliphatic rings. The first-order valence-electron chi connectivity index (χ1n) is 9.31. The summed E-state index contributed by atoms with van der Waals surface area (Å²) in [6.45, 7) is 6.52. The summed E-state index contributed by atoms with van der Waals surface area (Å²) in [7, 11) is 0. The molecule has 1 saturated carbocycles. The summed E-state index contributed by atoms with van der Waals surface area (Å²) in [6, 6.07) is 0. The zero-order chi connectivity index (χ0) is 18.4. The predicted octanol–water partition coefficient (Wildman–Crippen LogP) is 2.31. The van der Waals surface area contributed by atoms with E-state index in [0.29, 0.717) is 24.3 Å². The van der Waals surface area contributed by atoms with Crippen LogP contribution in [0.1, 0.15) is 52.9 Å². The highest BCUT2D eigenvalue weighted by Gasteiger charge is 2.57. The van der Waals surface area contributed by atoms with Crippen LogP contribution < -0.4 is 0 Å². The van der Waals surface area contributed by atoms with Gasteiger partial charge in [-0.2, -0.15) is 0 Å². The molecule has 0 aromatic heterocycles. The van der Waals surface area contributed by atoms with E-state index in [4.69, 9.17) is 4.74 Å². The summed E-state index contributed by atoms with van der Waals surface area (Å²) >= 11 is 0. The molecule has 1 heterocycles. The topological polar surface area (TPSA) is 87.0 Å². The zero-order valence-electron chi connectivity index (χ0n) is 15.4. The van der Waals surface area contributed by atoms with Crippen LogP contribution in [0.25, 0.3) is 0 Å². The lowest BCUT2D eigenvalue weighted by Gasteiger charge is -2.60. The van der Waals surface area contributed by atoms with Crippen LogP contribution in [0.4, 0.5) is 0 Å². The minimum Gasteiger partial charge on any atom is -0.429 e. The number of carbonyl (C=O) groups excluding carboxylic acids is 1. The molecule has 5 nitrogen and oxygen atoms in total. The van der Waals surface area contributed by atoms with Gasteiger partial charge in [0.25, 0.3) is 0 Å². The number of allylic oxidation sites excluding steroid dienone is 1. The largest absolute Gasteiger partial charge is 0.429 e. The lowest BCUT2D eigenvalue weighted by Crippen LogP contribution is -2.57. The van der Waals surface area contributed by atoms with Crippen LogP contribution in [0.15, 0.2) is 23.3 Å². The molecule has 0 bridgehead atoms. The van der Waals surface area contributed by atoms with Gasteiger partial charge in [0.05, 0.1) is 12.7 Å². The lowest BCUT2D eigenvalue weighted by molar-refractivity contribution is -0.151. The van der Waals surface area contributed by atoms with Crippen LogP contribution >= 0.6 is 0 Å². The Morgan fingerprint density at radius 1 is 1.32 bits per heavy atom. The molecule has 3 rings (SSSR count). The van der Waals surface area contributed by atoms with Gasteiger partial charge < -0.3 is 20.1 Å². The van der Waals surface area contributed by atoms with E-state index < -0.39 is 23.8 Å². The Balaban J connectivity index is 1.87. The normalized spacial score (nSPS) is 44.0. The fourth-order valence-corrected chi connectivity index (χ4v) is 5.53. The van der Waals surface area contributed by atoms with Gasteiger partial charge >= 0.3 is 5.97 Å².